The fourth-order valence-corrected chi connectivity index (χ4v) is 6.08. The van der Waals surface area contributed by atoms with Gasteiger partial charge in [-0.05, 0) is 56.1 Å². The minimum atomic E-state index is -0.383. The highest BCUT2D eigenvalue weighted by atomic mass is 32.2. The Morgan fingerprint density at radius 3 is 2.90 bits per heavy atom. The third-order valence-electron chi connectivity index (χ3n) is 6.86. The molecule has 4 nitrogen and oxygen atoms in total. The molecule has 3 aliphatic rings. The minimum absolute atomic E-state index is 0.166. The van der Waals surface area contributed by atoms with Crippen LogP contribution in [0.3, 0.4) is 0 Å². The van der Waals surface area contributed by atoms with Crippen LogP contribution in [-0.2, 0) is 4.79 Å². The lowest BCUT2D eigenvalue weighted by Crippen LogP contribution is -2.29. The molecule has 0 radical (unpaired) electrons. The van der Waals surface area contributed by atoms with E-state index < -0.39 is 0 Å². The molecule has 0 aromatic rings. The molecule has 2 aliphatic carbocycles. The standard InChI is InChI=1S/C24H39NO3S/c1-2-3-4-7-20(26)8-9-21-22-15-18(14-19(22)16-23(21)27)10-13-29-17-24(28)25-11-5-6-12-25/h8-9,14,19-23,26-27H,2-7,10-13,15-17H2,1H3/b9-8+/t19-,20-,21+,22-,23+/m0/s1. The number of carbonyl (C=O) groups excluding carboxylic acids is 1. The zero-order valence-corrected chi connectivity index (χ0v) is 18.8. The van der Waals surface area contributed by atoms with E-state index in [1.165, 1.54) is 12.0 Å². The topological polar surface area (TPSA) is 60.8 Å². The van der Waals surface area contributed by atoms with E-state index >= 15 is 0 Å². The highest BCUT2D eigenvalue weighted by molar-refractivity contribution is 7.99. The maximum Gasteiger partial charge on any atom is 0.232 e. The van der Waals surface area contributed by atoms with Gasteiger partial charge in [0.1, 0.15) is 0 Å². The second-order valence-electron chi connectivity index (χ2n) is 9.08. The maximum absolute atomic E-state index is 12.1. The van der Waals surface area contributed by atoms with Gasteiger partial charge in [0.25, 0.3) is 0 Å². The molecular formula is C24H39NO3S. The first kappa shape index (κ1) is 22.9. The maximum atomic E-state index is 12.1. The lowest BCUT2D eigenvalue weighted by atomic mass is 9.88. The van der Waals surface area contributed by atoms with Crippen molar-refractivity contribution in [2.24, 2.45) is 17.8 Å². The number of thioether (sulfide) groups is 1. The van der Waals surface area contributed by atoms with Crippen molar-refractivity contribution in [3.63, 3.8) is 0 Å². The zero-order chi connectivity index (χ0) is 20.6. The number of allylic oxidation sites excluding steroid dienone is 2. The van der Waals surface area contributed by atoms with Crippen LogP contribution in [0.1, 0.15) is 64.7 Å². The zero-order valence-electron chi connectivity index (χ0n) is 18.0. The van der Waals surface area contributed by atoms with Crippen LogP contribution in [0.2, 0.25) is 0 Å². The fraction of sp³-hybridized carbons (Fsp3) is 0.792. The van der Waals surface area contributed by atoms with Crippen molar-refractivity contribution in [2.75, 3.05) is 24.6 Å². The van der Waals surface area contributed by atoms with Gasteiger partial charge in [0.2, 0.25) is 5.91 Å². The van der Waals surface area contributed by atoms with Crippen LogP contribution in [0, 0.1) is 17.8 Å². The number of aliphatic hydroxyl groups is 2. The summed E-state index contributed by atoms with van der Waals surface area (Å²) in [6.45, 7) is 4.06. The number of rotatable bonds is 11. The average Bonchev–Trinajstić information content (AvgIpc) is 3.41. The van der Waals surface area contributed by atoms with Crippen molar-refractivity contribution in [2.45, 2.75) is 76.9 Å². The third-order valence-corrected chi connectivity index (χ3v) is 7.80. The molecule has 0 unspecified atom stereocenters. The van der Waals surface area contributed by atoms with Gasteiger partial charge >= 0.3 is 0 Å². The summed E-state index contributed by atoms with van der Waals surface area (Å²) in [6, 6.07) is 0. The lowest BCUT2D eigenvalue weighted by Gasteiger charge is -2.19. The Kier molecular flexibility index (Phi) is 9.13. The molecule has 0 spiro atoms. The number of nitrogens with zero attached hydrogens (tertiary/aromatic N) is 1. The van der Waals surface area contributed by atoms with Crippen molar-refractivity contribution in [1.29, 1.82) is 0 Å². The molecule has 2 fully saturated rings. The predicted molar refractivity (Wildman–Crippen MR) is 121 cm³/mol. The van der Waals surface area contributed by atoms with E-state index in [4.69, 9.17) is 0 Å². The summed E-state index contributed by atoms with van der Waals surface area (Å²) < 4.78 is 0. The molecule has 3 rings (SSSR count). The molecule has 0 aromatic heterocycles. The van der Waals surface area contributed by atoms with Crippen LogP contribution in [0.4, 0.5) is 0 Å². The van der Waals surface area contributed by atoms with Gasteiger partial charge in [-0.2, -0.15) is 11.8 Å². The SMILES string of the molecule is CCCCC[C@H](O)/C=C/[C@@H]1[C@H]2CC(CCSCC(=O)N3CCCC3)=C[C@H]2C[C@H]1O. The molecule has 164 valence electrons. The van der Waals surface area contributed by atoms with Crippen LogP contribution in [0.25, 0.3) is 0 Å². The molecule has 1 amide bonds. The first-order chi connectivity index (χ1) is 14.1. The Morgan fingerprint density at radius 1 is 1.34 bits per heavy atom. The number of unbranched alkanes of at least 4 members (excludes halogenated alkanes) is 2. The van der Waals surface area contributed by atoms with Gasteiger partial charge in [0.15, 0.2) is 0 Å². The van der Waals surface area contributed by atoms with Gasteiger partial charge < -0.3 is 15.1 Å². The van der Waals surface area contributed by atoms with E-state index in [0.717, 1.165) is 70.2 Å². The summed E-state index contributed by atoms with van der Waals surface area (Å²) in [6.07, 6.45) is 15.2. The lowest BCUT2D eigenvalue weighted by molar-refractivity contribution is -0.127. The van der Waals surface area contributed by atoms with Crippen LogP contribution >= 0.6 is 11.8 Å². The summed E-state index contributed by atoms with van der Waals surface area (Å²) >= 11 is 1.76. The highest BCUT2D eigenvalue weighted by Gasteiger charge is 2.43. The fourth-order valence-electron chi connectivity index (χ4n) is 5.17. The van der Waals surface area contributed by atoms with Crippen molar-refractivity contribution in [3.8, 4) is 0 Å². The molecule has 1 saturated carbocycles. The van der Waals surface area contributed by atoms with E-state index in [0.29, 0.717) is 23.5 Å². The quantitative estimate of drug-likeness (QED) is 0.388. The number of amides is 1. The summed E-state index contributed by atoms with van der Waals surface area (Å²) in [4.78, 5) is 14.1. The number of carbonyl (C=O) groups is 1. The molecule has 5 heteroatoms. The van der Waals surface area contributed by atoms with Crippen molar-refractivity contribution < 1.29 is 15.0 Å². The van der Waals surface area contributed by atoms with Gasteiger partial charge in [0.05, 0.1) is 18.0 Å². The van der Waals surface area contributed by atoms with Crippen LogP contribution in [-0.4, -0.2) is 57.8 Å². The van der Waals surface area contributed by atoms with Gasteiger partial charge in [-0.1, -0.05) is 50.0 Å². The third kappa shape index (κ3) is 6.60. The smallest absolute Gasteiger partial charge is 0.232 e. The Hall–Kier alpha value is -0.780. The summed E-state index contributed by atoms with van der Waals surface area (Å²) in [5.74, 6) is 3.04. The van der Waals surface area contributed by atoms with Crippen molar-refractivity contribution in [1.82, 2.24) is 4.90 Å². The molecule has 29 heavy (non-hydrogen) atoms. The molecule has 1 saturated heterocycles. The second-order valence-corrected chi connectivity index (χ2v) is 10.2. The second kappa shape index (κ2) is 11.6. The van der Waals surface area contributed by atoms with Gasteiger partial charge in [-0.15, -0.1) is 0 Å². The number of likely N-dealkylation sites (tertiary alicyclic amines) is 1. The molecule has 5 atom stereocenters. The van der Waals surface area contributed by atoms with E-state index in [2.05, 4.69) is 19.1 Å². The number of aliphatic hydroxyl groups excluding tert-OH is 2. The van der Waals surface area contributed by atoms with Crippen LogP contribution < -0.4 is 0 Å². The van der Waals surface area contributed by atoms with Crippen molar-refractivity contribution >= 4 is 17.7 Å². The summed E-state index contributed by atoms with van der Waals surface area (Å²) in [5.41, 5.74) is 1.50. The molecule has 0 bridgehead atoms. The summed E-state index contributed by atoms with van der Waals surface area (Å²) in [5, 5.41) is 20.6. The Balaban J connectivity index is 1.38. The summed E-state index contributed by atoms with van der Waals surface area (Å²) in [7, 11) is 0. The molecule has 0 aromatic carbocycles. The highest BCUT2D eigenvalue weighted by Crippen LogP contribution is 2.48. The molecular weight excluding hydrogens is 382 g/mol. The van der Waals surface area contributed by atoms with E-state index in [1.54, 1.807) is 11.8 Å². The normalized spacial score (nSPS) is 30.2. The average molecular weight is 422 g/mol. The van der Waals surface area contributed by atoms with Gasteiger partial charge in [-0.25, -0.2) is 0 Å². The number of hydrogen-bond donors (Lipinski definition) is 2. The minimum Gasteiger partial charge on any atom is -0.392 e. The Morgan fingerprint density at radius 2 is 2.14 bits per heavy atom. The monoisotopic (exact) mass is 421 g/mol. The van der Waals surface area contributed by atoms with E-state index in [-0.39, 0.29) is 18.1 Å². The number of fused-ring (bicyclic) bond motifs is 1. The van der Waals surface area contributed by atoms with Gasteiger partial charge in [0, 0.05) is 19.0 Å². The van der Waals surface area contributed by atoms with Crippen molar-refractivity contribution in [3.05, 3.63) is 23.8 Å². The van der Waals surface area contributed by atoms with Gasteiger partial charge in [-0.3, -0.25) is 4.79 Å². The van der Waals surface area contributed by atoms with Crippen LogP contribution in [0.15, 0.2) is 23.8 Å². The first-order valence-electron chi connectivity index (χ1n) is 11.7. The Bertz CT molecular complexity index is 585. The first-order valence-corrected chi connectivity index (χ1v) is 12.8. The van der Waals surface area contributed by atoms with E-state index in [1.807, 2.05) is 11.0 Å². The molecule has 1 aliphatic heterocycles. The Labute approximate surface area is 180 Å². The molecule has 1 heterocycles. The van der Waals surface area contributed by atoms with Crippen LogP contribution in [0.5, 0.6) is 0 Å². The largest absolute Gasteiger partial charge is 0.392 e. The van der Waals surface area contributed by atoms with E-state index in [9.17, 15) is 15.0 Å². The molecule has 2 N–H and O–H groups in total. The predicted octanol–water partition coefficient (Wildman–Crippen LogP) is 4.17. The number of hydrogen-bond acceptors (Lipinski definition) is 4.